The number of methoxy groups -OCH3 is 1. The summed E-state index contributed by atoms with van der Waals surface area (Å²) in [6, 6.07) is 10.7. The minimum absolute atomic E-state index is 0.0531. The van der Waals surface area contributed by atoms with E-state index in [9.17, 15) is 18.0 Å². The van der Waals surface area contributed by atoms with Crippen LogP contribution in [0.5, 0.6) is 5.75 Å². The Kier molecular flexibility index (Phi) is 6.74. The maximum absolute atomic E-state index is 12.8. The molecule has 2 aromatic carbocycles. The molecular weight excluding hydrogens is 440 g/mol. The van der Waals surface area contributed by atoms with Crippen LogP contribution in [0.1, 0.15) is 39.9 Å². The van der Waals surface area contributed by atoms with E-state index in [0.29, 0.717) is 42.4 Å². The fourth-order valence-corrected chi connectivity index (χ4v) is 5.81. The third kappa shape index (κ3) is 5.05. The van der Waals surface area contributed by atoms with Crippen LogP contribution in [0.25, 0.3) is 0 Å². The molecule has 7 nitrogen and oxygen atoms in total. The summed E-state index contributed by atoms with van der Waals surface area (Å²) in [4.78, 5) is 29.2. The molecule has 0 spiro atoms. The molecule has 1 fully saturated rings. The van der Waals surface area contributed by atoms with Gasteiger partial charge in [-0.3, -0.25) is 9.59 Å². The molecule has 1 aliphatic heterocycles. The first kappa shape index (κ1) is 23.3. The molecule has 0 saturated carbocycles. The zero-order valence-electron chi connectivity index (χ0n) is 19.2. The number of sulfone groups is 1. The molecule has 1 heterocycles. The summed E-state index contributed by atoms with van der Waals surface area (Å²) >= 11 is 0. The van der Waals surface area contributed by atoms with E-state index in [-0.39, 0.29) is 24.0 Å². The number of fused-ring (bicyclic) bond motifs is 1. The third-order valence-corrected chi connectivity index (χ3v) is 8.30. The molecule has 176 valence electrons. The summed E-state index contributed by atoms with van der Waals surface area (Å²) in [5.41, 5.74) is 3.84. The number of amides is 2. The summed E-state index contributed by atoms with van der Waals surface area (Å²) in [5.74, 6) is 0.176. The number of carbonyl (C=O) groups excluding carboxylic acids is 2. The lowest BCUT2D eigenvalue weighted by molar-refractivity contribution is -0.132. The highest BCUT2D eigenvalue weighted by atomic mass is 32.2. The Balaban J connectivity index is 1.31. The molecule has 0 radical (unpaired) electrons. The molecule has 0 atom stereocenters. The van der Waals surface area contributed by atoms with E-state index in [4.69, 9.17) is 4.74 Å². The lowest BCUT2D eigenvalue weighted by atomic mass is 10.1. The van der Waals surface area contributed by atoms with Crippen molar-refractivity contribution in [3.8, 4) is 5.75 Å². The molecule has 2 amide bonds. The highest BCUT2D eigenvalue weighted by molar-refractivity contribution is 7.91. The van der Waals surface area contributed by atoms with E-state index >= 15 is 0 Å². The predicted molar refractivity (Wildman–Crippen MR) is 125 cm³/mol. The van der Waals surface area contributed by atoms with E-state index in [1.165, 1.54) is 5.56 Å². The lowest BCUT2D eigenvalue weighted by Gasteiger charge is -2.35. The minimum atomic E-state index is -3.51. The molecule has 0 unspecified atom stereocenters. The highest BCUT2D eigenvalue weighted by Gasteiger charge is 2.27. The van der Waals surface area contributed by atoms with Gasteiger partial charge < -0.3 is 14.5 Å². The summed E-state index contributed by atoms with van der Waals surface area (Å²) < 4.78 is 30.8. The number of benzene rings is 2. The Bertz CT molecular complexity index is 1170. The van der Waals surface area contributed by atoms with Crippen molar-refractivity contribution in [3.05, 3.63) is 58.7 Å². The minimum Gasteiger partial charge on any atom is -0.496 e. The average Bonchev–Trinajstić information content (AvgIpc) is 3.30. The van der Waals surface area contributed by atoms with Gasteiger partial charge in [0.15, 0.2) is 9.84 Å². The van der Waals surface area contributed by atoms with Gasteiger partial charge in [-0.25, -0.2) is 8.42 Å². The molecule has 4 rings (SSSR count). The van der Waals surface area contributed by atoms with Crippen molar-refractivity contribution >= 4 is 21.7 Å². The molecule has 0 aromatic heterocycles. The van der Waals surface area contributed by atoms with Gasteiger partial charge in [0.05, 0.1) is 17.8 Å². The fraction of sp³-hybridized carbons (Fsp3) is 0.440. The Hall–Kier alpha value is -2.87. The lowest BCUT2D eigenvalue weighted by Crippen LogP contribution is -2.50. The molecule has 0 bridgehead atoms. The quantitative estimate of drug-likeness (QED) is 0.648. The van der Waals surface area contributed by atoms with Crippen LogP contribution in [-0.4, -0.2) is 69.1 Å². The van der Waals surface area contributed by atoms with Gasteiger partial charge in [-0.15, -0.1) is 0 Å². The summed E-state index contributed by atoms with van der Waals surface area (Å²) in [6.07, 6.45) is 2.92. The van der Waals surface area contributed by atoms with Crippen LogP contribution in [0.2, 0.25) is 0 Å². The van der Waals surface area contributed by atoms with Crippen molar-refractivity contribution in [1.82, 2.24) is 9.80 Å². The second-order valence-electron chi connectivity index (χ2n) is 8.71. The number of piperazine rings is 1. The summed E-state index contributed by atoms with van der Waals surface area (Å²) in [5, 5.41) is 0. The van der Waals surface area contributed by atoms with E-state index < -0.39 is 9.84 Å². The van der Waals surface area contributed by atoms with Gasteiger partial charge in [-0.2, -0.15) is 0 Å². The normalized spacial score (nSPS) is 15.9. The van der Waals surface area contributed by atoms with Crippen molar-refractivity contribution in [1.29, 1.82) is 0 Å². The van der Waals surface area contributed by atoms with Gasteiger partial charge >= 0.3 is 0 Å². The number of hydrogen-bond acceptors (Lipinski definition) is 5. The zero-order valence-corrected chi connectivity index (χ0v) is 20.0. The van der Waals surface area contributed by atoms with Gasteiger partial charge in [0.25, 0.3) is 5.91 Å². The molecule has 0 N–H and O–H groups in total. The Morgan fingerprint density at radius 1 is 0.939 bits per heavy atom. The van der Waals surface area contributed by atoms with Gasteiger partial charge in [-0.05, 0) is 67.1 Å². The maximum atomic E-state index is 12.8. The van der Waals surface area contributed by atoms with Crippen LogP contribution in [0.15, 0.2) is 41.3 Å². The first-order chi connectivity index (χ1) is 15.8. The molecule has 8 heteroatoms. The Morgan fingerprint density at radius 2 is 1.64 bits per heavy atom. The molecular formula is C25H30N2O5S. The largest absolute Gasteiger partial charge is 0.496 e. The topological polar surface area (TPSA) is 84.0 Å². The van der Waals surface area contributed by atoms with Gasteiger partial charge in [-0.1, -0.05) is 12.1 Å². The molecule has 2 aliphatic rings. The molecule has 1 saturated heterocycles. The highest BCUT2D eigenvalue weighted by Crippen LogP contribution is 2.25. The SMILES string of the molecule is COc1cc(C(=O)N2CCN(C(=O)CCS(=O)(=O)c3ccc4c(c3)CCC4)CC2)ccc1C. The van der Waals surface area contributed by atoms with Gasteiger partial charge in [0.1, 0.15) is 5.75 Å². The second kappa shape index (κ2) is 9.55. The van der Waals surface area contributed by atoms with Crippen molar-refractivity contribution in [2.24, 2.45) is 0 Å². The first-order valence-electron chi connectivity index (χ1n) is 11.3. The first-order valence-corrected chi connectivity index (χ1v) is 13.0. The van der Waals surface area contributed by atoms with Crippen molar-refractivity contribution in [3.63, 3.8) is 0 Å². The van der Waals surface area contributed by atoms with Crippen LogP contribution in [0.3, 0.4) is 0 Å². The van der Waals surface area contributed by atoms with E-state index in [1.54, 1.807) is 41.2 Å². The van der Waals surface area contributed by atoms with E-state index in [1.807, 2.05) is 19.1 Å². The fourth-order valence-electron chi connectivity index (χ4n) is 4.53. The smallest absolute Gasteiger partial charge is 0.254 e. The summed E-state index contributed by atoms with van der Waals surface area (Å²) in [6.45, 7) is 3.54. The van der Waals surface area contributed by atoms with Crippen molar-refractivity contribution < 1.29 is 22.7 Å². The van der Waals surface area contributed by atoms with Crippen LogP contribution in [0, 0.1) is 6.92 Å². The number of carbonyl (C=O) groups is 2. The number of aryl methyl sites for hydroxylation is 3. The summed E-state index contributed by atoms with van der Waals surface area (Å²) in [7, 11) is -1.93. The molecule has 2 aromatic rings. The van der Waals surface area contributed by atoms with Crippen LogP contribution < -0.4 is 4.74 Å². The van der Waals surface area contributed by atoms with Gasteiger partial charge in [0.2, 0.25) is 5.91 Å². The molecule has 33 heavy (non-hydrogen) atoms. The van der Waals surface area contributed by atoms with Crippen molar-refractivity contribution in [2.75, 3.05) is 39.0 Å². The van der Waals surface area contributed by atoms with E-state index in [2.05, 4.69) is 0 Å². The molecule has 1 aliphatic carbocycles. The predicted octanol–water partition coefficient (Wildman–Crippen LogP) is 2.64. The Morgan fingerprint density at radius 3 is 2.36 bits per heavy atom. The van der Waals surface area contributed by atoms with Crippen molar-refractivity contribution in [2.45, 2.75) is 37.5 Å². The monoisotopic (exact) mass is 470 g/mol. The Labute approximate surface area is 195 Å². The average molecular weight is 471 g/mol. The van der Waals surface area contributed by atoms with E-state index in [0.717, 1.165) is 30.4 Å². The van der Waals surface area contributed by atoms with Crippen LogP contribution >= 0.6 is 0 Å². The van der Waals surface area contributed by atoms with Crippen LogP contribution in [-0.2, 0) is 27.5 Å². The number of nitrogens with zero attached hydrogens (tertiary/aromatic N) is 2. The maximum Gasteiger partial charge on any atom is 0.254 e. The standard InChI is InChI=1S/C25H30N2O5S/c1-18-6-7-21(17-23(18)32-2)25(29)27-13-11-26(12-14-27)24(28)10-15-33(30,31)22-9-8-19-4-3-5-20(19)16-22/h6-9,16-17H,3-5,10-15H2,1-2H3. The van der Waals surface area contributed by atoms with Gasteiger partial charge in [0, 0.05) is 38.2 Å². The number of ether oxygens (including phenoxy) is 1. The third-order valence-electron chi connectivity index (χ3n) is 6.59. The second-order valence-corrected chi connectivity index (χ2v) is 10.8. The zero-order chi connectivity index (χ0) is 23.6. The number of hydrogen-bond donors (Lipinski definition) is 0. The number of rotatable bonds is 6. The van der Waals surface area contributed by atoms with Crippen LogP contribution in [0.4, 0.5) is 0 Å².